The zero-order valence-electron chi connectivity index (χ0n) is 11.4. The molecule has 0 saturated carbocycles. The predicted molar refractivity (Wildman–Crippen MR) is 81.6 cm³/mol. The first-order valence-corrected chi connectivity index (χ1v) is 7.10. The smallest absolute Gasteiger partial charge is 0.134 e. The molecule has 0 aliphatic rings. The molecule has 1 aromatic heterocycles. The molecule has 0 saturated heterocycles. The van der Waals surface area contributed by atoms with Gasteiger partial charge in [0.05, 0.1) is 5.56 Å². The molecule has 96 valence electrons. The van der Waals surface area contributed by atoms with Crippen molar-refractivity contribution in [1.82, 2.24) is 0 Å². The number of hydrogen-bond acceptors (Lipinski definition) is 3. The van der Waals surface area contributed by atoms with Crippen molar-refractivity contribution in [2.45, 2.75) is 27.2 Å². The van der Waals surface area contributed by atoms with Crippen LogP contribution in [0, 0.1) is 25.2 Å². The van der Waals surface area contributed by atoms with Crippen LogP contribution in [-0.2, 0) is 6.42 Å². The Bertz CT molecular complexity index is 643. The van der Waals surface area contributed by atoms with E-state index in [1.807, 2.05) is 20.1 Å². The number of nitrogens with zero attached hydrogens (tertiary/aromatic N) is 2. The highest BCUT2D eigenvalue weighted by Crippen LogP contribution is 2.33. The van der Waals surface area contributed by atoms with Gasteiger partial charge in [0.15, 0.2) is 0 Å². The SMILES string of the molecule is CCc1ccc(C=Nc2sc(C)c(C)c2C#N)cc1. The third-order valence-corrected chi connectivity index (χ3v) is 4.31. The molecule has 0 bridgehead atoms. The fourth-order valence-corrected chi connectivity index (χ4v) is 2.76. The van der Waals surface area contributed by atoms with Crippen molar-refractivity contribution in [2.75, 3.05) is 0 Å². The number of aliphatic imine (C=N–C) groups is 1. The molecule has 2 nitrogen and oxygen atoms in total. The molecular formula is C16H16N2S. The van der Waals surface area contributed by atoms with E-state index < -0.39 is 0 Å². The van der Waals surface area contributed by atoms with Crippen LogP contribution in [-0.4, -0.2) is 6.21 Å². The lowest BCUT2D eigenvalue weighted by molar-refractivity contribution is 1.14. The van der Waals surface area contributed by atoms with Gasteiger partial charge in [0, 0.05) is 11.1 Å². The summed E-state index contributed by atoms with van der Waals surface area (Å²) < 4.78 is 0. The van der Waals surface area contributed by atoms with Crippen molar-refractivity contribution >= 4 is 22.6 Å². The van der Waals surface area contributed by atoms with Crippen LogP contribution in [0.25, 0.3) is 0 Å². The minimum atomic E-state index is 0.698. The molecule has 0 radical (unpaired) electrons. The van der Waals surface area contributed by atoms with E-state index in [0.29, 0.717) is 5.56 Å². The summed E-state index contributed by atoms with van der Waals surface area (Å²) in [5.41, 5.74) is 4.12. The van der Waals surface area contributed by atoms with Crippen molar-refractivity contribution < 1.29 is 0 Å². The Morgan fingerprint density at radius 2 is 1.95 bits per heavy atom. The maximum absolute atomic E-state index is 9.16. The van der Waals surface area contributed by atoms with Crippen LogP contribution in [0.1, 0.15) is 34.1 Å². The Hall–Kier alpha value is -1.92. The van der Waals surface area contributed by atoms with Crippen LogP contribution in [0.15, 0.2) is 29.3 Å². The Kier molecular flexibility index (Phi) is 4.13. The summed E-state index contributed by atoms with van der Waals surface area (Å²) in [5, 5.41) is 9.96. The van der Waals surface area contributed by atoms with E-state index >= 15 is 0 Å². The number of hydrogen-bond donors (Lipinski definition) is 0. The summed E-state index contributed by atoms with van der Waals surface area (Å²) in [6.45, 7) is 6.13. The van der Waals surface area contributed by atoms with Crippen molar-refractivity contribution in [1.29, 1.82) is 5.26 Å². The Morgan fingerprint density at radius 1 is 1.26 bits per heavy atom. The van der Waals surface area contributed by atoms with Gasteiger partial charge < -0.3 is 0 Å². The molecule has 1 heterocycles. The summed E-state index contributed by atoms with van der Waals surface area (Å²) >= 11 is 1.57. The average Bonchev–Trinajstić information content (AvgIpc) is 2.72. The zero-order chi connectivity index (χ0) is 13.8. The van der Waals surface area contributed by atoms with E-state index in [4.69, 9.17) is 5.26 Å². The van der Waals surface area contributed by atoms with Crippen molar-refractivity contribution in [3.05, 3.63) is 51.4 Å². The molecule has 0 atom stereocenters. The normalized spacial score (nSPS) is 10.8. The summed E-state index contributed by atoms with van der Waals surface area (Å²) in [7, 11) is 0. The molecule has 19 heavy (non-hydrogen) atoms. The van der Waals surface area contributed by atoms with E-state index in [1.54, 1.807) is 11.3 Å². The van der Waals surface area contributed by atoms with Crippen LogP contribution >= 0.6 is 11.3 Å². The van der Waals surface area contributed by atoms with Crippen LogP contribution in [0.5, 0.6) is 0 Å². The van der Waals surface area contributed by atoms with Gasteiger partial charge in [-0.1, -0.05) is 31.2 Å². The molecule has 0 aliphatic heterocycles. The van der Waals surface area contributed by atoms with Crippen LogP contribution in [0.4, 0.5) is 5.00 Å². The Balaban J connectivity index is 2.27. The van der Waals surface area contributed by atoms with Gasteiger partial charge in [-0.15, -0.1) is 11.3 Å². The highest BCUT2D eigenvalue weighted by atomic mass is 32.1. The molecule has 2 rings (SSSR count). The Morgan fingerprint density at radius 3 is 2.53 bits per heavy atom. The highest BCUT2D eigenvalue weighted by Gasteiger charge is 2.10. The van der Waals surface area contributed by atoms with Gasteiger partial charge in [0.25, 0.3) is 0 Å². The Labute approximate surface area is 118 Å². The van der Waals surface area contributed by atoms with Gasteiger partial charge in [0.2, 0.25) is 0 Å². The standard InChI is InChI=1S/C16H16N2S/c1-4-13-5-7-14(8-6-13)10-18-16-15(9-17)11(2)12(3)19-16/h5-8,10H,4H2,1-3H3. The first-order valence-electron chi connectivity index (χ1n) is 6.28. The molecule has 0 amide bonds. The monoisotopic (exact) mass is 268 g/mol. The number of aryl methyl sites for hydroxylation is 2. The van der Waals surface area contributed by atoms with E-state index in [1.165, 1.54) is 5.56 Å². The molecule has 0 N–H and O–H groups in total. The van der Waals surface area contributed by atoms with Gasteiger partial charge in [-0.3, -0.25) is 0 Å². The lowest BCUT2D eigenvalue weighted by Crippen LogP contribution is -1.83. The van der Waals surface area contributed by atoms with E-state index in [-0.39, 0.29) is 0 Å². The number of thiophene rings is 1. The largest absolute Gasteiger partial charge is 0.244 e. The molecule has 0 unspecified atom stereocenters. The minimum Gasteiger partial charge on any atom is -0.244 e. The average molecular weight is 268 g/mol. The lowest BCUT2D eigenvalue weighted by Gasteiger charge is -1.96. The van der Waals surface area contributed by atoms with Gasteiger partial charge in [-0.25, -0.2) is 4.99 Å². The third kappa shape index (κ3) is 2.91. The van der Waals surface area contributed by atoms with E-state index in [9.17, 15) is 0 Å². The highest BCUT2D eigenvalue weighted by molar-refractivity contribution is 7.16. The van der Waals surface area contributed by atoms with Gasteiger partial charge in [-0.05, 0) is 37.0 Å². The number of rotatable bonds is 3. The molecule has 0 fully saturated rings. The fourth-order valence-electron chi connectivity index (χ4n) is 1.80. The minimum absolute atomic E-state index is 0.698. The molecule has 2 aromatic rings. The maximum Gasteiger partial charge on any atom is 0.134 e. The molecular weight excluding hydrogens is 252 g/mol. The first kappa shape index (κ1) is 13.5. The third-order valence-electron chi connectivity index (χ3n) is 3.20. The summed E-state index contributed by atoms with van der Waals surface area (Å²) in [4.78, 5) is 5.61. The molecule has 0 aliphatic carbocycles. The van der Waals surface area contributed by atoms with E-state index in [2.05, 4.69) is 42.3 Å². The van der Waals surface area contributed by atoms with Gasteiger partial charge in [-0.2, -0.15) is 5.26 Å². The second kappa shape index (κ2) is 5.81. The first-order chi connectivity index (χ1) is 9.15. The number of benzene rings is 1. The maximum atomic E-state index is 9.16. The van der Waals surface area contributed by atoms with Crippen LogP contribution in [0.2, 0.25) is 0 Å². The van der Waals surface area contributed by atoms with Gasteiger partial charge >= 0.3 is 0 Å². The zero-order valence-corrected chi connectivity index (χ0v) is 12.2. The topological polar surface area (TPSA) is 36.1 Å². The van der Waals surface area contributed by atoms with Crippen molar-refractivity contribution in [3.8, 4) is 6.07 Å². The number of nitriles is 1. The van der Waals surface area contributed by atoms with Crippen molar-refractivity contribution in [2.24, 2.45) is 4.99 Å². The summed E-state index contributed by atoms with van der Waals surface area (Å²) in [6, 6.07) is 10.6. The molecule has 3 heteroatoms. The molecule has 1 aromatic carbocycles. The quantitative estimate of drug-likeness (QED) is 0.752. The lowest BCUT2D eigenvalue weighted by atomic mass is 10.1. The predicted octanol–water partition coefficient (Wildman–Crippen LogP) is 4.55. The second-order valence-electron chi connectivity index (χ2n) is 4.43. The van der Waals surface area contributed by atoms with Crippen LogP contribution < -0.4 is 0 Å². The second-order valence-corrected chi connectivity index (χ2v) is 5.63. The fraction of sp³-hybridized carbons (Fsp3) is 0.250. The van der Waals surface area contributed by atoms with Gasteiger partial charge in [0.1, 0.15) is 11.1 Å². The van der Waals surface area contributed by atoms with Crippen molar-refractivity contribution in [3.63, 3.8) is 0 Å². The van der Waals surface area contributed by atoms with Crippen LogP contribution in [0.3, 0.4) is 0 Å². The van der Waals surface area contributed by atoms with E-state index in [0.717, 1.165) is 27.4 Å². The summed E-state index contributed by atoms with van der Waals surface area (Å²) in [5.74, 6) is 0. The molecule has 0 spiro atoms. The summed E-state index contributed by atoms with van der Waals surface area (Å²) in [6.07, 6.45) is 2.87.